The van der Waals surface area contributed by atoms with E-state index in [0.29, 0.717) is 13.1 Å². The molecule has 0 atom stereocenters. The van der Waals surface area contributed by atoms with Gasteiger partial charge in [0.05, 0.1) is 16.3 Å². The van der Waals surface area contributed by atoms with Crippen molar-refractivity contribution in [3.63, 3.8) is 0 Å². The van der Waals surface area contributed by atoms with Crippen LogP contribution in [-0.2, 0) is 24.8 Å². The van der Waals surface area contributed by atoms with E-state index in [1.54, 1.807) is 24.3 Å². The number of sulfonamides is 2. The smallest absolute Gasteiger partial charge is 0.243 e. The Morgan fingerprint density at radius 3 is 2.30 bits per heavy atom. The number of fused-ring (bicyclic) bond motifs is 1. The molecule has 1 fully saturated rings. The van der Waals surface area contributed by atoms with Gasteiger partial charge in [-0.2, -0.15) is 8.61 Å². The standard InChI is InChI=1S/C23H25N3O5S2/c1-25(32(28,29)22-12-11-18-7-2-3-8-19(18)15-22)17-23(27)24-20-9-6-10-21(16-20)33(30,31)26-13-4-5-14-26/h2-3,6-12,15-16H,4-5,13-14,17H2,1H3,(H,24,27). The first kappa shape index (κ1) is 23.4. The molecule has 1 N–H and O–H groups in total. The molecule has 1 heterocycles. The van der Waals surface area contributed by atoms with Crippen molar-refractivity contribution in [3.8, 4) is 0 Å². The lowest BCUT2D eigenvalue weighted by Crippen LogP contribution is -2.35. The minimum Gasteiger partial charge on any atom is -0.325 e. The van der Waals surface area contributed by atoms with Crippen LogP contribution in [-0.4, -0.2) is 58.0 Å². The van der Waals surface area contributed by atoms with Crippen LogP contribution in [0.25, 0.3) is 10.8 Å². The highest BCUT2D eigenvalue weighted by molar-refractivity contribution is 7.89. The fourth-order valence-electron chi connectivity index (χ4n) is 3.81. The van der Waals surface area contributed by atoms with Gasteiger partial charge in [-0.25, -0.2) is 16.8 Å². The normalized spacial score (nSPS) is 15.2. The van der Waals surface area contributed by atoms with Crippen LogP contribution in [0.5, 0.6) is 0 Å². The number of likely N-dealkylation sites (N-methyl/N-ethyl adjacent to an activating group) is 1. The van der Waals surface area contributed by atoms with Crippen molar-refractivity contribution in [1.82, 2.24) is 8.61 Å². The monoisotopic (exact) mass is 487 g/mol. The molecule has 0 aromatic heterocycles. The lowest BCUT2D eigenvalue weighted by molar-refractivity contribution is -0.116. The van der Waals surface area contributed by atoms with E-state index in [-0.39, 0.29) is 15.5 Å². The zero-order valence-corrected chi connectivity index (χ0v) is 19.8. The minimum atomic E-state index is -3.89. The zero-order valence-electron chi connectivity index (χ0n) is 18.1. The molecule has 1 aliphatic rings. The Morgan fingerprint density at radius 2 is 1.58 bits per heavy atom. The third kappa shape index (κ3) is 4.93. The highest BCUT2D eigenvalue weighted by Gasteiger charge is 2.28. The molecule has 3 aromatic rings. The zero-order chi connectivity index (χ0) is 23.6. The highest BCUT2D eigenvalue weighted by Crippen LogP contribution is 2.24. The van der Waals surface area contributed by atoms with Crippen molar-refractivity contribution in [2.75, 3.05) is 32.0 Å². The summed E-state index contributed by atoms with van der Waals surface area (Å²) in [6.45, 7) is 0.547. The number of anilines is 1. The number of nitrogens with zero attached hydrogens (tertiary/aromatic N) is 2. The number of nitrogens with one attached hydrogen (secondary N) is 1. The van der Waals surface area contributed by atoms with Crippen LogP contribution in [0, 0.1) is 0 Å². The molecule has 1 amide bonds. The molecule has 10 heteroatoms. The Bertz CT molecular complexity index is 1400. The van der Waals surface area contributed by atoms with E-state index >= 15 is 0 Å². The number of benzene rings is 3. The van der Waals surface area contributed by atoms with Crippen LogP contribution in [0.4, 0.5) is 5.69 Å². The number of hydrogen-bond acceptors (Lipinski definition) is 5. The Hall–Kier alpha value is -2.79. The first-order valence-corrected chi connectivity index (χ1v) is 13.4. The number of carbonyl (C=O) groups excluding carboxylic acids is 1. The lowest BCUT2D eigenvalue weighted by Gasteiger charge is -2.18. The van der Waals surface area contributed by atoms with Gasteiger partial charge < -0.3 is 5.32 Å². The largest absolute Gasteiger partial charge is 0.325 e. The van der Waals surface area contributed by atoms with Crippen molar-refractivity contribution < 1.29 is 21.6 Å². The van der Waals surface area contributed by atoms with Gasteiger partial charge in [0, 0.05) is 25.8 Å². The molecule has 3 aromatic carbocycles. The summed E-state index contributed by atoms with van der Waals surface area (Å²) in [5.41, 5.74) is 0.289. The second-order valence-corrected chi connectivity index (χ2v) is 11.9. The van der Waals surface area contributed by atoms with Gasteiger partial charge in [0.15, 0.2) is 0 Å². The van der Waals surface area contributed by atoms with Crippen molar-refractivity contribution in [2.45, 2.75) is 22.6 Å². The van der Waals surface area contributed by atoms with E-state index in [1.807, 2.05) is 24.3 Å². The fourth-order valence-corrected chi connectivity index (χ4v) is 6.53. The van der Waals surface area contributed by atoms with E-state index < -0.39 is 32.5 Å². The van der Waals surface area contributed by atoms with Gasteiger partial charge in [-0.3, -0.25) is 4.79 Å². The van der Waals surface area contributed by atoms with E-state index in [0.717, 1.165) is 27.9 Å². The molecule has 174 valence electrons. The van der Waals surface area contributed by atoms with Crippen molar-refractivity contribution >= 4 is 42.4 Å². The molecule has 0 radical (unpaired) electrons. The average molecular weight is 488 g/mol. The molecule has 0 bridgehead atoms. The number of rotatable bonds is 7. The first-order valence-electron chi connectivity index (χ1n) is 10.5. The summed E-state index contributed by atoms with van der Waals surface area (Å²) in [5, 5.41) is 4.30. The molecular formula is C23H25N3O5S2. The van der Waals surface area contributed by atoms with Gasteiger partial charge in [0.2, 0.25) is 26.0 Å². The predicted octanol–water partition coefficient (Wildman–Crippen LogP) is 2.88. The fraction of sp³-hybridized carbons (Fsp3) is 0.261. The number of hydrogen-bond donors (Lipinski definition) is 1. The third-order valence-electron chi connectivity index (χ3n) is 5.62. The van der Waals surface area contributed by atoms with Crippen molar-refractivity contribution in [1.29, 1.82) is 0 Å². The molecule has 0 spiro atoms. The van der Waals surface area contributed by atoms with Gasteiger partial charge in [0.1, 0.15) is 0 Å². The Balaban J connectivity index is 1.47. The van der Waals surface area contributed by atoms with Gasteiger partial charge in [0.25, 0.3) is 0 Å². The average Bonchev–Trinajstić information content (AvgIpc) is 3.35. The molecule has 0 saturated carbocycles. The van der Waals surface area contributed by atoms with Crippen LogP contribution in [0.1, 0.15) is 12.8 Å². The number of carbonyl (C=O) groups is 1. The summed E-state index contributed by atoms with van der Waals surface area (Å²) in [4.78, 5) is 12.7. The second kappa shape index (κ2) is 9.22. The van der Waals surface area contributed by atoms with Gasteiger partial charge in [-0.05, 0) is 53.9 Å². The minimum absolute atomic E-state index is 0.0928. The molecule has 0 unspecified atom stereocenters. The van der Waals surface area contributed by atoms with E-state index in [2.05, 4.69) is 5.32 Å². The van der Waals surface area contributed by atoms with Crippen LogP contribution in [0.2, 0.25) is 0 Å². The highest BCUT2D eigenvalue weighted by atomic mass is 32.2. The van der Waals surface area contributed by atoms with E-state index in [4.69, 9.17) is 0 Å². The first-order chi connectivity index (χ1) is 15.7. The molecule has 1 saturated heterocycles. The summed E-state index contributed by atoms with van der Waals surface area (Å²) in [6, 6.07) is 18.2. The molecule has 1 aliphatic heterocycles. The summed E-state index contributed by atoms with van der Waals surface area (Å²) < 4.78 is 53.8. The Morgan fingerprint density at radius 1 is 0.879 bits per heavy atom. The summed E-state index contributed by atoms with van der Waals surface area (Å²) in [6.07, 6.45) is 1.65. The topological polar surface area (TPSA) is 104 Å². The second-order valence-electron chi connectivity index (χ2n) is 7.96. The van der Waals surface area contributed by atoms with Crippen LogP contribution in [0.15, 0.2) is 76.5 Å². The van der Waals surface area contributed by atoms with Crippen molar-refractivity contribution in [2.24, 2.45) is 0 Å². The molecule has 4 rings (SSSR count). The maximum absolute atomic E-state index is 13.0. The van der Waals surface area contributed by atoms with Gasteiger partial charge in [-0.15, -0.1) is 0 Å². The summed E-state index contributed by atoms with van der Waals surface area (Å²) >= 11 is 0. The maximum atomic E-state index is 13.0. The summed E-state index contributed by atoms with van der Waals surface area (Å²) in [5.74, 6) is -0.572. The number of amides is 1. The quantitative estimate of drug-likeness (QED) is 0.552. The van der Waals surface area contributed by atoms with Gasteiger partial charge in [-0.1, -0.05) is 36.4 Å². The van der Waals surface area contributed by atoms with Crippen LogP contribution in [0.3, 0.4) is 0 Å². The van der Waals surface area contributed by atoms with E-state index in [9.17, 15) is 21.6 Å². The molecule has 33 heavy (non-hydrogen) atoms. The van der Waals surface area contributed by atoms with Gasteiger partial charge >= 0.3 is 0 Å². The molecule has 0 aliphatic carbocycles. The molecular weight excluding hydrogens is 462 g/mol. The molecule has 8 nitrogen and oxygen atoms in total. The Labute approximate surface area is 193 Å². The SMILES string of the molecule is CN(CC(=O)Nc1cccc(S(=O)(=O)N2CCCC2)c1)S(=O)(=O)c1ccc2ccccc2c1. The third-order valence-corrected chi connectivity index (χ3v) is 9.31. The lowest BCUT2D eigenvalue weighted by atomic mass is 10.1. The summed E-state index contributed by atoms with van der Waals surface area (Å²) in [7, 11) is -6.18. The maximum Gasteiger partial charge on any atom is 0.243 e. The Kier molecular flexibility index (Phi) is 6.53. The van der Waals surface area contributed by atoms with Crippen molar-refractivity contribution in [3.05, 3.63) is 66.7 Å². The van der Waals surface area contributed by atoms with Crippen LogP contribution >= 0.6 is 0 Å². The van der Waals surface area contributed by atoms with Crippen LogP contribution < -0.4 is 5.32 Å². The van der Waals surface area contributed by atoms with E-state index in [1.165, 1.54) is 29.6 Å². The predicted molar refractivity (Wildman–Crippen MR) is 127 cm³/mol.